The van der Waals surface area contributed by atoms with Crippen LogP contribution in [0.15, 0.2) is 42.5 Å². The number of unbranched alkanes of at least 4 members (excludes halogenated alkanes) is 1. The van der Waals surface area contributed by atoms with Gasteiger partial charge in [0.15, 0.2) is 0 Å². The minimum absolute atomic E-state index is 0. The Bertz CT molecular complexity index is 845. The van der Waals surface area contributed by atoms with Crippen LogP contribution in [0.2, 0.25) is 0 Å². The zero-order valence-corrected chi connectivity index (χ0v) is 19.3. The molecule has 0 spiro atoms. The number of hydrogen-bond acceptors (Lipinski definition) is 4. The zero-order valence-electron chi connectivity index (χ0n) is 18.5. The van der Waals surface area contributed by atoms with E-state index in [1.165, 1.54) is 30.5 Å². The second-order valence-corrected chi connectivity index (χ2v) is 8.02. The van der Waals surface area contributed by atoms with Gasteiger partial charge in [-0.1, -0.05) is 31.9 Å². The minimum atomic E-state index is -0.244. The lowest BCUT2D eigenvalue weighted by Gasteiger charge is -2.39. The molecule has 31 heavy (non-hydrogen) atoms. The molecule has 1 aliphatic rings. The van der Waals surface area contributed by atoms with Gasteiger partial charge in [-0.25, -0.2) is 4.39 Å². The highest BCUT2D eigenvalue weighted by molar-refractivity contribution is 5.85. The van der Waals surface area contributed by atoms with Crippen molar-refractivity contribution in [2.24, 2.45) is 0 Å². The molecule has 0 saturated carbocycles. The fourth-order valence-electron chi connectivity index (χ4n) is 4.05. The first-order valence-corrected chi connectivity index (χ1v) is 11.0. The molecule has 2 aromatic rings. The van der Waals surface area contributed by atoms with Crippen molar-refractivity contribution in [3.8, 4) is 11.8 Å². The van der Waals surface area contributed by atoms with Crippen molar-refractivity contribution in [2.45, 2.75) is 39.2 Å². The van der Waals surface area contributed by atoms with Crippen LogP contribution in [0.25, 0.3) is 0 Å². The van der Waals surface area contributed by atoms with E-state index in [2.05, 4.69) is 41.0 Å². The van der Waals surface area contributed by atoms with Crippen molar-refractivity contribution in [1.29, 1.82) is 5.26 Å². The molecule has 1 atom stereocenters. The van der Waals surface area contributed by atoms with Crippen LogP contribution in [0.3, 0.4) is 0 Å². The lowest BCUT2D eigenvalue weighted by Crippen LogP contribution is -2.48. The van der Waals surface area contributed by atoms with Crippen LogP contribution in [0.1, 0.15) is 48.9 Å². The van der Waals surface area contributed by atoms with Gasteiger partial charge in [-0.05, 0) is 54.8 Å². The molecule has 0 bridgehead atoms. The van der Waals surface area contributed by atoms with Crippen LogP contribution >= 0.6 is 12.4 Å². The molecule has 0 amide bonds. The van der Waals surface area contributed by atoms with Gasteiger partial charge in [0.05, 0.1) is 11.6 Å². The smallest absolute Gasteiger partial charge is 0.123 e. The van der Waals surface area contributed by atoms with Crippen LogP contribution in [0, 0.1) is 24.1 Å². The van der Waals surface area contributed by atoms with E-state index in [0.29, 0.717) is 18.4 Å². The minimum Gasteiger partial charge on any atom is -0.492 e. The maximum atomic E-state index is 13.0. The number of halogens is 2. The average Bonchev–Trinajstić information content (AvgIpc) is 2.77. The molecule has 2 aromatic carbocycles. The van der Waals surface area contributed by atoms with Gasteiger partial charge in [-0.2, -0.15) is 5.26 Å². The van der Waals surface area contributed by atoms with Crippen molar-refractivity contribution in [3.63, 3.8) is 0 Å². The number of hydrogen-bond donors (Lipinski definition) is 0. The van der Waals surface area contributed by atoms with Crippen LogP contribution in [0.4, 0.5) is 4.39 Å². The van der Waals surface area contributed by atoms with Gasteiger partial charge in [0.1, 0.15) is 18.2 Å². The zero-order chi connectivity index (χ0) is 21.3. The largest absolute Gasteiger partial charge is 0.492 e. The molecule has 6 heteroatoms. The number of nitrogens with zero attached hydrogens (tertiary/aromatic N) is 3. The Hall–Kier alpha value is -2.13. The number of rotatable bonds is 9. The Kier molecular flexibility index (Phi) is 10.3. The van der Waals surface area contributed by atoms with E-state index < -0.39 is 0 Å². The van der Waals surface area contributed by atoms with E-state index in [4.69, 9.17) is 4.74 Å². The second kappa shape index (κ2) is 12.7. The lowest BCUT2D eigenvalue weighted by atomic mass is 9.95. The maximum Gasteiger partial charge on any atom is 0.123 e. The molecule has 0 radical (unpaired) electrons. The van der Waals surface area contributed by atoms with Crippen molar-refractivity contribution >= 4 is 12.4 Å². The van der Waals surface area contributed by atoms with Gasteiger partial charge in [0.2, 0.25) is 0 Å². The summed E-state index contributed by atoms with van der Waals surface area (Å²) < 4.78 is 18.7. The third kappa shape index (κ3) is 7.21. The van der Waals surface area contributed by atoms with E-state index >= 15 is 0 Å². The third-order valence-electron chi connectivity index (χ3n) is 5.94. The molecule has 168 valence electrons. The van der Waals surface area contributed by atoms with Gasteiger partial charge < -0.3 is 4.74 Å². The van der Waals surface area contributed by atoms with Crippen LogP contribution in [-0.4, -0.2) is 49.1 Å². The van der Waals surface area contributed by atoms with E-state index in [-0.39, 0.29) is 18.2 Å². The molecule has 3 rings (SSSR count). The summed E-state index contributed by atoms with van der Waals surface area (Å²) >= 11 is 0. The van der Waals surface area contributed by atoms with Gasteiger partial charge >= 0.3 is 0 Å². The van der Waals surface area contributed by atoms with Gasteiger partial charge in [0.25, 0.3) is 0 Å². The predicted octanol–water partition coefficient (Wildman–Crippen LogP) is 5.36. The van der Waals surface area contributed by atoms with Crippen molar-refractivity contribution in [1.82, 2.24) is 9.80 Å². The Labute approximate surface area is 192 Å². The molecule has 1 aliphatic heterocycles. The van der Waals surface area contributed by atoms with Crippen LogP contribution < -0.4 is 4.74 Å². The van der Waals surface area contributed by atoms with Crippen molar-refractivity contribution in [2.75, 3.05) is 39.3 Å². The summed E-state index contributed by atoms with van der Waals surface area (Å²) in [6, 6.07) is 15.2. The van der Waals surface area contributed by atoms with E-state index in [9.17, 15) is 9.65 Å². The first-order chi connectivity index (χ1) is 14.6. The quantitative estimate of drug-likeness (QED) is 0.521. The standard InChI is InChI=1S/C25H32FN3O.ClH/c1-3-4-5-25(21-7-6-20(2)22(18-21)19-27)29-14-12-28(13-15-29)16-17-30-24-10-8-23(26)9-11-24;/h6-11,18,25H,3-5,12-17H2,1-2H3;1H. The van der Waals surface area contributed by atoms with E-state index in [1.54, 1.807) is 12.1 Å². The first kappa shape index (κ1) is 25.1. The highest BCUT2D eigenvalue weighted by Gasteiger charge is 2.25. The molecule has 4 nitrogen and oxygen atoms in total. The van der Waals surface area contributed by atoms with Gasteiger partial charge in [-0.15, -0.1) is 12.4 Å². The first-order valence-electron chi connectivity index (χ1n) is 11.0. The summed E-state index contributed by atoms with van der Waals surface area (Å²) in [5.41, 5.74) is 3.09. The average molecular weight is 446 g/mol. The van der Waals surface area contributed by atoms with Gasteiger partial charge in [0, 0.05) is 38.8 Å². The Balaban J connectivity index is 0.00000341. The molecular weight excluding hydrogens is 413 g/mol. The molecule has 0 aliphatic carbocycles. The number of piperazine rings is 1. The SMILES string of the molecule is CCCCC(c1ccc(C)c(C#N)c1)N1CCN(CCOc2ccc(F)cc2)CC1.Cl. The topological polar surface area (TPSA) is 39.5 Å². The van der Waals surface area contributed by atoms with Gasteiger partial charge in [-0.3, -0.25) is 9.80 Å². The summed E-state index contributed by atoms with van der Waals surface area (Å²) in [7, 11) is 0. The second-order valence-electron chi connectivity index (χ2n) is 8.02. The summed E-state index contributed by atoms with van der Waals surface area (Å²) in [5, 5.41) is 9.42. The molecule has 0 aromatic heterocycles. The molecular formula is C25H33ClFN3O. The molecule has 1 unspecified atom stereocenters. The Morgan fingerprint density at radius 2 is 1.81 bits per heavy atom. The highest BCUT2D eigenvalue weighted by atomic mass is 35.5. The highest BCUT2D eigenvalue weighted by Crippen LogP contribution is 2.29. The summed E-state index contributed by atoms with van der Waals surface area (Å²) in [4.78, 5) is 4.99. The lowest BCUT2D eigenvalue weighted by molar-refractivity contribution is 0.0819. The summed E-state index contributed by atoms with van der Waals surface area (Å²) in [6.07, 6.45) is 3.48. The van der Waals surface area contributed by atoms with Crippen molar-refractivity contribution < 1.29 is 9.13 Å². The van der Waals surface area contributed by atoms with E-state index in [0.717, 1.165) is 50.3 Å². The van der Waals surface area contributed by atoms with Crippen molar-refractivity contribution in [3.05, 3.63) is 65.0 Å². The molecule has 1 fully saturated rings. The molecule has 0 N–H and O–H groups in total. The molecule has 1 saturated heterocycles. The monoisotopic (exact) mass is 445 g/mol. The van der Waals surface area contributed by atoms with Crippen LogP contribution in [0.5, 0.6) is 5.75 Å². The maximum absolute atomic E-state index is 13.0. The molecule has 1 heterocycles. The third-order valence-corrected chi connectivity index (χ3v) is 5.94. The number of benzene rings is 2. The summed E-state index contributed by atoms with van der Waals surface area (Å²) in [6.45, 7) is 9.74. The summed E-state index contributed by atoms with van der Waals surface area (Å²) in [5.74, 6) is 0.467. The number of nitriles is 1. The van der Waals surface area contributed by atoms with E-state index in [1.807, 2.05) is 6.92 Å². The number of aryl methyl sites for hydroxylation is 1. The van der Waals surface area contributed by atoms with Crippen LogP contribution in [-0.2, 0) is 0 Å². The Morgan fingerprint density at radius 1 is 1.10 bits per heavy atom. The fourth-order valence-corrected chi connectivity index (χ4v) is 4.05. The predicted molar refractivity (Wildman–Crippen MR) is 125 cm³/mol. The Morgan fingerprint density at radius 3 is 2.45 bits per heavy atom. The fraction of sp³-hybridized carbons (Fsp3) is 0.480. The number of ether oxygens (including phenoxy) is 1. The normalized spacial score (nSPS) is 15.7.